The van der Waals surface area contributed by atoms with Gasteiger partial charge in [-0.3, -0.25) is 25.2 Å². The molecule has 10 nitrogen and oxygen atoms in total. The zero-order valence-electron chi connectivity index (χ0n) is 16.9. The van der Waals surface area contributed by atoms with Crippen molar-refractivity contribution >= 4 is 17.7 Å². The number of amides is 3. The molecule has 1 aliphatic rings. The van der Waals surface area contributed by atoms with E-state index in [1.54, 1.807) is 17.0 Å². The van der Waals surface area contributed by atoms with Gasteiger partial charge in [0.15, 0.2) is 11.5 Å². The van der Waals surface area contributed by atoms with Crippen molar-refractivity contribution in [3.63, 3.8) is 0 Å². The van der Waals surface area contributed by atoms with Crippen LogP contribution >= 0.6 is 0 Å². The SMILES string of the molecule is COc1cc(C(=O)NNC(=O)C2CC(=O)N(Cc3ccco3)C2)cc(OC)c1OC. The minimum Gasteiger partial charge on any atom is -0.493 e. The van der Waals surface area contributed by atoms with Gasteiger partial charge in [-0.05, 0) is 24.3 Å². The average Bonchev–Trinajstić information content (AvgIpc) is 3.40. The van der Waals surface area contributed by atoms with Crippen LogP contribution in [0.3, 0.4) is 0 Å². The van der Waals surface area contributed by atoms with Crippen LogP contribution < -0.4 is 25.1 Å². The second-order valence-electron chi connectivity index (χ2n) is 6.61. The Labute approximate surface area is 173 Å². The molecule has 1 saturated heterocycles. The third-order valence-corrected chi connectivity index (χ3v) is 4.74. The van der Waals surface area contributed by atoms with Gasteiger partial charge in [0.2, 0.25) is 17.6 Å². The van der Waals surface area contributed by atoms with Gasteiger partial charge in [-0.1, -0.05) is 0 Å². The maximum absolute atomic E-state index is 12.5. The molecule has 2 N–H and O–H groups in total. The Morgan fingerprint density at radius 2 is 1.83 bits per heavy atom. The summed E-state index contributed by atoms with van der Waals surface area (Å²) in [6, 6.07) is 6.43. The Kier molecular flexibility index (Phi) is 6.45. The molecule has 2 aromatic rings. The Balaban J connectivity index is 1.59. The molecule has 160 valence electrons. The molecule has 0 spiro atoms. The predicted molar refractivity (Wildman–Crippen MR) is 104 cm³/mol. The van der Waals surface area contributed by atoms with Crippen LogP contribution in [0.25, 0.3) is 0 Å². The van der Waals surface area contributed by atoms with Gasteiger partial charge in [-0.15, -0.1) is 0 Å². The molecule has 0 radical (unpaired) electrons. The molecule has 1 aromatic heterocycles. The Bertz CT molecular complexity index is 901. The number of carbonyl (C=O) groups excluding carboxylic acids is 3. The quantitative estimate of drug-likeness (QED) is 0.648. The van der Waals surface area contributed by atoms with Gasteiger partial charge in [-0.2, -0.15) is 0 Å². The van der Waals surface area contributed by atoms with Crippen LogP contribution in [0.2, 0.25) is 0 Å². The second-order valence-corrected chi connectivity index (χ2v) is 6.61. The molecular weight excluding hydrogens is 394 g/mol. The number of nitrogens with zero attached hydrogens (tertiary/aromatic N) is 1. The van der Waals surface area contributed by atoms with Gasteiger partial charge in [0.1, 0.15) is 5.76 Å². The first-order chi connectivity index (χ1) is 14.5. The van der Waals surface area contributed by atoms with Crippen molar-refractivity contribution in [3.05, 3.63) is 41.9 Å². The lowest BCUT2D eigenvalue weighted by Gasteiger charge is -2.16. The molecule has 1 unspecified atom stereocenters. The van der Waals surface area contributed by atoms with Crippen LogP contribution in [0.4, 0.5) is 0 Å². The van der Waals surface area contributed by atoms with Gasteiger partial charge in [0, 0.05) is 18.5 Å². The summed E-state index contributed by atoms with van der Waals surface area (Å²) in [5.41, 5.74) is 4.93. The van der Waals surface area contributed by atoms with E-state index in [0.717, 1.165) is 0 Å². The minimum atomic E-state index is -0.576. The smallest absolute Gasteiger partial charge is 0.269 e. The van der Waals surface area contributed by atoms with Crippen LogP contribution in [-0.4, -0.2) is 50.5 Å². The Morgan fingerprint density at radius 3 is 2.40 bits per heavy atom. The number of nitrogens with one attached hydrogen (secondary N) is 2. The third kappa shape index (κ3) is 4.48. The summed E-state index contributed by atoms with van der Waals surface area (Å²) in [6.45, 7) is 0.541. The molecule has 1 aliphatic heterocycles. The number of benzene rings is 1. The van der Waals surface area contributed by atoms with Crippen LogP contribution in [0, 0.1) is 5.92 Å². The molecule has 1 atom stereocenters. The summed E-state index contributed by atoms with van der Waals surface area (Å²) in [7, 11) is 4.33. The number of hydrogen-bond donors (Lipinski definition) is 2. The zero-order valence-corrected chi connectivity index (χ0v) is 16.9. The molecule has 0 aliphatic carbocycles. The molecule has 1 fully saturated rings. The van der Waals surface area contributed by atoms with Crippen molar-refractivity contribution < 1.29 is 33.0 Å². The first-order valence-electron chi connectivity index (χ1n) is 9.17. The molecule has 3 amide bonds. The van der Waals surface area contributed by atoms with E-state index < -0.39 is 17.7 Å². The molecule has 3 rings (SSSR count). The first kappa shape index (κ1) is 21.0. The van der Waals surface area contributed by atoms with Gasteiger partial charge in [-0.25, -0.2) is 0 Å². The summed E-state index contributed by atoms with van der Waals surface area (Å²) in [6.07, 6.45) is 1.59. The number of methoxy groups -OCH3 is 3. The van der Waals surface area contributed by atoms with E-state index in [1.165, 1.54) is 39.7 Å². The molecule has 10 heteroatoms. The molecule has 1 aromatic carbocycles. The lowest BCUT2D eigenvalue weighted by molar-refractivity contribution is -0.129. The van der Waals surface area contributed by atoms with Crippen molar-refractivity contribution in [2.24, 2.45) is 5.92 Å². The molecule has 0 saturated carbocycles. The van der Waals surface area contributed by atoms with Crippen molar-refractivity contribution in [3.8, 4) is 17.2 Å². The standard InChI is InChI=1S/C20H23N3O7/c1-27-15-7-12(8-16(28-2)18(15)29-3)19(25)21-22-20(26)13-9-17(24)23(10-13)11-14-5-4-6-30-14/h4-8,13H,9-11H2,1-3H3,(H,21,25)(H,22,26). The predicted octanol–water partition coefficient (Wildman–Crippen LogP) is 1.12. The normalized spacial score (nSPS) is 15.6. The van der Waals surface area contributed by atoms with Crippen molar-refractivity contribution in [2.75, 3.05) is 27.9 Å². The molecule has 30 heavy (non-hydrogen) atoms. The number of ether oxygens (including phenoxy) is 3. The molecule has 2 heterocycles. The summed E-state index contributed by atoms with van der Waals surface area (Å²) < 4.78 is 20.9. The highest BCUT2D eigenvalue weighted by atomic mass is 16.5. The van der Waals surface area contributed by atoms with Gasteiger partial charge in [0.05, 0.1) is 40.1 Å². The number of carbonyl (C=O) groups is 3. The fraction of sp³-hybridized carbons (Fsp3) is 0.350. The highest BCUT2D eigenvalue weighted by Gasteiger charge is 2.34. The van der Waals surface area contributed by atoms with E-state index in [4.69, 9.17) is 18.6 Å². The van der Waals surface area contributed by atoms with Crippen LogP contribution in [0.15, 0.2) is 34.9 Å². The van der Waals surface area contributed by atoms with E-state index in [1.807, 2.05) is 0 Å². The van der Waals surface area contributed by atoms with E-state index >= 15 is 0 Å². The molecule has 0 bridgehead atoms. The summed E-state index contributed by atoms with van der Waals surface area (Å²) in [5, 5.41) is 0. The van der Waals surface area contributed by atoms with Gasteiger partial charge >= 0.3 is 0 Å². The number of furan rings is 1. The average molecular weight is 417 g/mol. The van der Waals surface area contributed by atoms with Gasteiger partial charge in [0.25, 0.3) is 5.91 Å². The highest BCUT2D eigenvalue weighted by molar-refractivity contribution is 5.97. The van der Waals surface area contributed by atoms with Crippen LogP contribution in [0.5, 0.6) is 17.2 Å². The lowest BCUT2D eigenvalue weighted by atomic mass is 10.1. The van der Waals surface area contributed by atoms with Crippen LogP contribution in [-0.2, 0) is 16.1 Å². The summed E-state index contributed by atoms with van der Waals surface area (Å²) >= 11 is 0. The monoisotopic (exact) mass is 417 g/mol. The number of likely N-dealkylation sites (tertiary alicyclic amines) is 1. The highest BCUT2D eigenvalue weighted by Crippen LogP contribution is 2.38. The largest absolute Gasteiger partial charge is 0.493 e. The van der Waals surface area contributed by atoms with Crippen LogP contribution in [0.1, 0.15) is 22.5 Å². The van der Waals surface area contributed by atoms with Crippen molar-refractivity contribution in [1.82, 2.24) is 15.8 Å². The summed E-state index contributed by atoms with van der Waals surface area (Å²) in [5.74, 6) is -0.144. The van der Waals surface area contributed by atoms with Crippen molar-refractivity contribution in [2.45, 2.75) is 13.0 Å². The van der Waals surface area contributed by atoms with Gasteiger partial charge < -0.3 is 23.5 Å². The van der Waals surface area contributed by atoms with E-state index in [0.29, 0.717) is 29.6 Å². The van der Waals surface area contributed by atoms with E-state index in [-0.39, 0.29) is 24.4 Å². The topological polar surface area (TPSA) is 119 Å². The maximum atomic E-state index is 12.5. The lowest BCUT2D eigenvalue weighted by Crippen LogP contribution is -2.45. The fourth-order valence-electron chi connectivity index (χ4n) is 3.20. The third-order valence-electron chi connectivity index (χ3n) is 4.74. The molecular formula is C20H23N3O7. The van der Waals surface area contributed by atoms with Crippen molar-refractivity contribution in [1.29, 1.82) is 0 Å². The van der Waals surface area contributed by atoms with E-state index in [9.17, 15) is 14.4 Å². The maximum Gasteiger partial charge on any atom is 0.269 e. The summed E-state index contributed by atoms with van der Waals surface area (Å²) in [4.78, 5) is 38.6. The number of hydrazine groups is 1. The Hall–Kier alpha value is -3.69. The second kappa shape index (κ2) is 9.21. The number of hydrogen-bond acceptors (Lipinski definition) is 7. The first-order valence-corrected chi connectivity index (χ1v) is 9.17. The zero-order chi connectivity index (χ0) is 21.7. The fourth-order valence-corrected chi connectivity index (χ4v) is 3.20. The number of rotatable bonds is 7. The van der Waals surface area contributed by atoms with E-state index in [2.05, 4.69) is 10.9 Å². The minimum absolute atomic E-state index is 0.0621. The Morgan fingerprint density at radius 1 is 1.13 bits per heavy atom.